The van der Waals surface area contributed by atoms with E-state index in [9.17, 15) is 13.2 Å². The van der Waals surface area contributed by atoms with Gasteiger partial charge in [0, 0.05) is 35.5 Å². The molecule has 0 spiro atoms. The van der Waals surface area contributed by atoms with Crippen molar-refractivity contribution in [2.75, 3.05) is 18.5 Å². The first-order chi connectivity index (χ1) is 14.4. The van der Waals surface area contributed by atoms with Crippen molar-refractivity contribution in [3.8, 4) is 0 Å². The molecule has 1 atom stereocenters. The fourth-order valence-corrected chi connectivity index (χ4v) is 4.16. The second kappa shape index (κ2) is 8.64. The normalized spacial score (nSPS) is 16.2. The van der Waals surface area contributed by atoms with Crippen LogP contribution in [0.2, 0.25) is 0 Å². The number of fused-ring (bicyclic) bond motifs is 1. The molecule has 1 aromatic heterocycles. The monoisotopic (exact) mass is 414 g/mol. The molecule has 0 unspecified atom stereocenters. The van der Waals surface area contributed by atoms with Crippen LogP contribution in [-0.4, -0.2) is 18.2 Å². The first-order valence-corrected chi connectivity index (χ1v) is 10.3. The van der Waals surface area contributed by atoms with Crippen LogP contribution >= 0.6 is 0 Å². The van der Waals surface area contributed by atoms with Gasteiger partial charge < -0.3 is 10.1 Å². The molecule has 1 aliphatic heterocycles. The van der Waals surface area contributed by atoms with E-state index in [1.54, 1.807) is 13.0 Å². The number of benzene rings is 2. The largest absolute Gasteiger partial charge is 0.381 e. The maximum atomic E-state index is 14.6. The first kappa shape index (κ1) is 20.7. The van der Waals surface area contributed by atoms with E-state index in [0.29, 0.717) is 5.92 Å². The van der Waals surface area contributed by atoms with Crippen LogP contribution < -0.4 is 5.32 Å². The summed E-state index contributed by atoms with van der Waals surface area (Å²) in [6, 6.07) is 11.8. The molecule has 1 fully saturated rings. The van der Waals surface area contributed by atoms with Gasteiger partial charge >= 0.3 is 0 Å². The lowest BCUT2D eigenvalue weighted by molar-refractivity contribution is 0.0853. The predicted molar refractivity (Wildman–Crippen MR) is 113 cm³/mol. The molecule has 30 heavy (non-hydrogen) atoms. The minimum absolute atomic E-state index is 0.219. The third-order valence-electron chi connectivity index (χ3n) is 5.79. The highest BCUT2D eigenvalue weighted by Crippen LogP contribution is 2.34. The zero-order valence-electron chi connectivity index (χ0n) is 17.1. The predicted octanol–water partition coefficient (Wildman–Crippen LogP) is 6.69. The van der Waals surface area contributed by atoms with Crippen LogP contribution in [0.3, 0.4) is 0 Å². The quantitative estimate of drug-likeness (QED) is 0.505. The standard InChI is InChI=1S/C24H25F3N2O/c1-14-12-22(29-15(2)18-4-3-5-19(23(18)25)24(26)27)20-13-17(6-7-21(20)28-14)16-8-10-30-11-9-16/h3-7,12-13,15-16,24H,8-11H2,1-2H3,(H,28,29)/t15-/m1/s1. The molecule has 1 saturated heterocycles. The highest BCUT2D eigenvalue weighted by Gasteiger charge is 2.21. The number of rotatable bonds is 5. The number of anilines is 1. The number of alkyl halides is 2. The van der Waals surface area contributed by atoms with Gasteiger partial charge in [-0.3, -0.25) is 4.98 Å². The lowest BCUT2D eigenvalue weighted by atomic mass is 9.90. The number of ether oxygens (including phenoxy) is 1. The van der Waals surface area contributed by atoms with E-state index in [1.807, 2.05) is 19.1 Å². The van der Waals surface area contributed by atoms with Crippen LogP contribution in [0, 0.1) is 12.7 Å². The van der Waals surface area contributed by atoms with Gasteiger partial charge in [-0.2, -0.15) is 0 Å². The molecule has 6 heteroatoms. The summed E-state index contributed by atoms with van der Waals surface area (Å²) in [6.45, 7) is 5.20. The maximum absolute atomic E-state index is 14.6. The van der Waals surface area contributed by atoms with E-state index in [4.69, 9.17) is 4.74 Å². The third kappa shape index (κ3) is 4.15. The highest BCUT2D eigenvalue weighted by atomic mass is 19.3. The number of hydrogen-bond acceptors (Lipinski definition) is 3. The van der Waals surface area contributed by atoms with Crippen LogP contribution in [0.25, 0.3) is 10.9 Å². The van der Waals surface area contributed by atoms with Gasteiger partial charge in [-0.15, -0.1) is 0 Å². The van der Waals surface area contributed by atoms with Crippen molar-refractivity contribution in [2.24, 2.45) is 0 Å². The second-order valence-corrected chi connectivity index (χ2v) is 7.89. The number of aryl methyl sites for hydroxylation is 1. The van der Waals surface area contributed by atoms with E-state index in [0.717, 1.165) is 54.4 Å². The summed E-state index contributed by atoms with van der Waals surface area (Å²) in [5.74, 6) is -0.416. The molecule has 0 aliphatic carbocycles. The van der Waals surface area contributed by atoms with E-state index in [2.05, 4.69) is 22.4 Å². The summed E-state index contributed by atoms with van der Waals surface area (Å²) in [5, 5.41) is 4.28. The minimum Gasteiger partial charge on any atom is -0.381 e. The van der Waals surface area contributed by atoms with Gasteiger partial charge in [0.15, 0.2) is 0 Å². The van der Waals surface area contributed by atoms with Gasteiger partial charge in [-0.05, 0) is 56.4 Å². The molecule has 4 rings (SSSR count). The van der Waals surface area contributed by atoms with Gasteiger partial charge in [-0.25, -0.2) is 13.2 Å². The van der Waals surface area contributed by atoms with E-state index >= 15 is 0 Å². The molecule has 3 aromatic rings. The molecular weight excluding hydrogens is 389 g/mol. The molecule has 2 heterocycles. The summed E-state index contributed by atoms with van der Waals surface area (Å²) in [5.41, 5.74) is 3.38. The minimum atomic E-state index is -2.84. The van der Waals surface area contributed by atoms with Crippen LogP contribution in [0.15, 0.2) is 42.5 Å². The number of nitrogens with one attached hydrogen (secondary N) is 1. The topological polar surface area (TPSA) is 34.1 Å². The molecule has 1 N–H and O–H groups in total. The highest BCUT2D eigenvalue weighted by molar-refractivity contribution is 5.92. The zero-order chi connectivity index (χ0) is 21.3. The summed E-state index contributed by atoms with van der Waals surface area (Å²) in [6.07, 6.45) is -0.881. The van der Waals surface area contributed by atoms with Gasteiger partial charge in [0.2, 0.25) is 0 Å². The molecule has 2 aromatic carbocycles. The Kier molecular flexibility index (Phi) is 5.95. The molecule has 3 nitrogen and oxygen atoms in total. The van der Waals surface area contributed by atoms with Gasteiger partial charge in [0.1, 0.15) is 5.82 Å². The molecule has 0 amide bonds. The van der Waals surface area contributed by atoms with Crippen molar-refractivity contribution in [1.82, 2.24) is 4.98 Å². The van der Waals surface area contributed by atoms with Crippen LogP contribution in [0.4, 0.5) is 18.9 Å². The first-order valence-electron chi connectivity index (χ1n) is 10.3. The molecule has 0 bridgehead atoms. The zero-order valence-corrected chi connectivity index (χ0v) is 17.1. The Labute approximate surface area is 174 Å². The summed E-state index contributed by atoms with van der Waals surface area (Å²) >= 11 is 0. The van der Waals surface area contributed by atoms with Crippen molar-refractivity contribution in [1.29, 1.82) is 0 Å². The Morgan fingerprint density at radius 2 is 1.80 bits per heavy atom. The van der Waals surface area contributed by atoms with Gasteiger partial charge in [0.25, 0.3) is 6.43 Å². The summed E-state index contributed by atoms with van der Waals surface area (Å²) in [4.78, 5) is 4.62. The van der Waals surface area contributed by atoms with Crippen LogP contribution in [-0.2, 0) is 4.74 Å². The lowest BCUT2D eigenvalue weighted by Crippen LogP contribution is -2.14. The van der Waals surface area contributed by atoms with E-state index in [1.165, 1.54) is 11.6 Å². The molecule has 0 saturated carbocycles. The third-order valence-corrected chi connectivity index (χ3v) is 5.79. The Balaban J connectivity index is 1.70. The average Bonchev–Trinajstić information content (AvgIpc) is 2.74. The average molecular weight is 414 g/mol. The van der Waals surface area contributed by atoms with Crippen molar-refractivity contribution in [3.63, 3.8) is 0 Å². The Hall–Kier alpha value is -2.60. The second-order valence-electron chi connectivity index (χ2n) is 7.89. The Morgan fingerprint density at radius 1 is 1.07 bits per heavy atom. The number of nitrogens with zero attached hydrogens (tertiary/aromatic N) is 1. The SMILES string of the molecule is Cc1cc(N[C@H](C)c2cccc(C(F)F)c2F)c2cc(C3CCOCC3)ccc2n1. The number of aromatic nitrogens is 1. The summed E-state index contributed by atoms with van der Waals surface area (Å²) < 4.78 is 46.3. The van der Waals surface area contributed by atoms with E-state index in [-0.39, 0.29) is 5.56 Å². The number of hydrogen-bond donors (Lipinski definition) is 1. The molecule has 0 radical (unpaired) electrons. The van der Waals surface area contributed by atoms with Crippen molar-refractivity contribution in [2.45, 2.75) is 45.1 Å². The maximum Gasteiger partial charge on any atom is 0.266 e. The van der Waals surface area contributed by atoms with Crippen molar-refractivity contribution in [3.05, 3.63) is 70.7 Å². The Morgan fingerprint density at radius 3 is 2.53 bits per heavy atom. The number of halogens is 3. The number of pyridine rings is 1. The smallest absolute Gasteiger partial charge is 0.266 e. The van der Waals surface area contributed by atoms with Gasteiger partial charge in [0.05, 0.1) is 17.1 Å². The van der Waals surface area contributed by atoms with Gasteiger partial charge in [-0.1, -0.05) is 24.3 Å². The molecule has 158 valence electrons. The Bertz CT molecular complexity index is 1050. The van der Waals surface area contributed by atoms with Crippen LogP contribution in [0.1, 0.15) is 60.5 Å². The van der Waals surface area contributed by atoms with Crippen molar-refractivity contribution < 1.29 is 17.9 Å². The lowest BCUT2D eigenvalue weighted by Gasteiger charge is -2.23. The fraction of sp³-hybridized carbons (Fsp3) is 0.375. The molecular formula is C24H25F3N2O. The molecule has 1 aliphatic rings. The van der Waals surface area contributed by atoms with Crippen molar-refractivity contribution >= 4 is 16.6 Å². The van der Waals surface area contributed by atoms with E-state index < -0.39 is 23.8 Å². The van der Waals surface area contributed by atoms with Crippen LogP contribution in [0.5, 0.6) is 0 Å². The summed E-state index contributed by atoms with van der Waals surface area (Å²) in [7, 11) is 0. The fourth-order valence-electron chi connectivity index (χ4n) is 4.16.